The van der Waals surface area contributed by atoms with Crippen LogP contribution < -0.4 is 10.1 Å². The molecule has 1 fully saturated rings. The van der Waals surface area contributed by atoms with Crippen molar-refractivity contribution >= 4 is 28.6 Å². The van der Waals surface area contributed by atoms with Gasteiger partial charge in [-0.2, -0.15) is 0 Å². The molecule has 1 aromatic carbocycles. The van der Waals surface area contributed by atoms with Crippen LogP contribution in [0, 0.1) is 0 Å². The normalized spacial score (nSPS) is 21.8. The molecule has 1 saturated heterocycles. The topological polar surface area (TPSA) is 24.5 Å². The fraction of sp³-hybridized carbons (Fsp3) is 0.500. The van der Waals surface area contributed by atoms with Crippen molar-refractivity contribution in [3.8, 4) is 5.75 Å². The van der Waals surface area contributed by atoms with E-state index in [4.69, 9.17) is 4.74 Å². The first-order valence-corrected chi connectivity index (χ1v) is 6.56. The molecule has 1 heterocycles. The minimum Gasteiger partial charge on any atom is -0.497 e. The molecule has 1 aliphatic rings. The molecule has 0 bridgehead atoms. The van der Waals surface area contributed by atoms with Crippen LogP contribution in [0.3, 0.4) is 0 Å². The molecule has 1 aliphatic heterocycles. The van der Waals surface area contributed by atoms with Gasteiger partial charge in [-0.3, -0.25) is 0 Å². The van der Waals surface area contributed by atoms with Crippen molar-refractivity contribution in [1.29, 1.82) is 0 Å². The van der Waals surface area contributed by atoms with E-state index in [0.717, 1.165) is 12.3 Å². The average molecular weight is 332 g/mol. The summed E-state index contributed by atoms with van der Waals surface area (Å²) in [6.07, 6.45) is 2.53. The van der Waals surface area contributed by atoms with E-state index in [0.29, 0.717) is 6.04 Å². The molecule has 0 aromatic heterocycles. The van der Waals surface area contributed by atoms with Crippen molar-refractivity contribution < 1.29 is 4.74 Å². The molecule has 0 amide bonds. The zero-order valence-corrected chi connectivity index (χ0v) is 11.6. The van der Waals surface area contributed by atoms with Gasteiger partial charge in [0, 0.05) is 47.7 Å². The van der Waals surface area contributed by atoms with Crippen LogP contribution in [0.4, 0.5) is 5.69 Å². The monoisotopic (exact) mass is 332 g/mol. The first kappa shape index (κ1) is 12.0. The van der Waals surface area contributed by atoms with E-state index in [1.165, 1.54) is 25.1 Å². The Morgan fingerprint density at radius 1 is 1.38 bits per heavy atom. The highest BCUT2D eigenvalue weighted by molar-refractivity contribution is 14.1. The third-order valence-electron chi connectivity index (χ3n) is 2.83. The molecular weight excluding hydrogens is 315 g/mol. The number of rotatable bonds is 3. The van der Waals surface area contributed by atoms with Gasteiger partial charge in [0.15, 0.2) is 0 Å². The summed E-state index contributed by atoms with van der Waals surface area (Å²) in [7, 11) is 1.69. The van der Waals surface area contributed by atoms with Gasteiger partial charge < -0.3 is 10.1 Å². The van der Waals surface area contributed by atoms with Crippen molar-refractivity contribution in [3.63, 3.8) is 0 Å². The number of anilines is 1. The first-order chi connectivity index (χ1) is 7.78. The van der Waals surface area contributed by atoms with Gasteiger partial charge in [-0.05, 0) is 37.1 Å². The van der Waals surface area contributed by atoms with E-state index >= 15 is 0 Å². The maximum Gasteiger partial charge on any atom is 0.119 e. The van der Waals surface area contributed by atoms with Crippen molar-refractivity contribution in [1.82, 2.24) is 3.11 Å². The lowest BCUT2D eigenvalue weighted by molar-refractivity contribution is 0.380. The summed E-state index contributed by atoms with van der Waals surface area (Å²) in [6.45, 7) is 2.33. The molecule has 1 aromatic rings. The van der Waals surface area contributed by atoms with Gasteiger partial charge in [0.25, 0.3) is 0 Å². The Morgan fingerprint density at radius 2 is 2.12 bits per heavy atom. The van der Waals surface area contributed by atoms with E-state index in [1.54, 1.807) is 7.11 Å². The van der Waals surface area contributed by atoms with Gasteiger partial charge in [-0.25, -0.2) is 3.11 Å². The van der Waals surface area contributed by atoms with Gasteiger partial charge in [0.1, 0.15) is 5.75 Å². The summed E-state index contributed by atoms with van der Waals surface area (Å²) < 4.78 is 7.49. The smallest absolute Gasteiger partial charge is 0.119 e. The van der Waals surface area contributed by atoms with Gasteiger partial charge in [0.2, 0.25) is 0 Å². The van der Waals surface area contributed by atoms with Crippen molar-refractivity contribution in [2.45, 2.75) is 18.9 Å². The predicted molar refractivity (Wildman–Crippen MR) is 75.2 cm³/mol. The lowest BCUT2D eigenvalue weighted by atomic mass is 10.1. The molecule has 0 saturated carbocycles. The Balaban J connectivity index is 1.92. The van der Waals surface area contributed by atoms with Crippen molar-refractivity contribution in [2.75, 3.05) is 25.5 Å². The molecule has 1 atom stereocenters. The van der Waals surface area contributed by atoms with Crippen LogP contribution in [0.2, 0.25) is 0 Å². The van der Waals surface area contributed by atoms with Crippen molar-refractivity contribution in [2.24, 2.45) is 0 Å². The molecular formula is C12H17IN2O. The highest BCUT2D eigenvalue weighted by atomic mass is 127. The summed E-state index contributed by atoms with van der Waals surface area (Å²) in [5, 5.41) is 3.56. The largest absolute Gasteiger partial charge is 0.497 e. The Morgan fingerprint density at radius 3 is 2.75 bits per heavy atom. The molecule has 0 radical (unpaired) electrons. The summed E-state index contributed by atoms with van der Waals surface area (Å²) in [6, 6.07) is 8.70. The summed E-state index contributed by atoms with van der Waals surface area (Å²) in [5.41, 5.74) is 1.18. The van der Waals surface area contributed by atoms with Crippen LogP contribution in [0.15, 0.2) is 24.3 Å². The number of benzene rings is 1. The van der Waals surface area contributed by atoms with Crippen LogP contribution in [-0.2, 0) is 0 Å². The lowest BCUT2D eigenvalue weighted by Gasteiger charge is -2.29. The Bertz CT molecular complexity index is 328. The number of piperidine rings is 1. The number of hydrogen-bond acceptors (Lipinski definition) is 3. The van der Waals surface area contributed by atoms with Gasteiger partial charge >= 0.3 is 0 Å². The minimum atomic E-state index is 0.569. The van der Waals surface area contributed by atoms with Crippen LogP contribution in [0.1, 0.15) is 12.8 Å². The summed E-state index contributed by atoms with van der Waals surface area (Å²) in [5.74, 6) is 0.907. The second-order valence-electron chi connectivity index (χ2n) is 4.08. The van der Waals surface area contributed by atoms with E-state index in [2.05, 4.69) is 43.4 Å². The third kappa shape index (κ3) is 3.25. The number of methoxy groups -OCH3 is 1. The zero-order chi connectivity index (χ0) is 11.4. The Labute approximate surface area is 111 Å². The number of hydrogen-bond donors (Lipinski definition) is 1. The highest BCUT2D eigenvalue weighted by Gasteiger charge is 2.17. The van der Waals surface area contributed by atoms with Crippen molar-refractivity contribution in [3.05, 3.63) is 24.3 Å². The van der Waals surface area contributed by atoms with Crippen LogP contribution in [0.25, 0.3) is 0 Å². The third-order valence-corrected chi connectivity index (χ3v) is 3.71. The SMILES string of the molecule is COc1ccc(NC2CCCN(I)C2)cc1. The van der Waals surface area contributed by atoms with Gasteiger partial charge in [0.05, 0.1) is 7.11 Å². The summed E-state index contributed by atoms with van der Waals surface area (Å²) in [4.78, 5) is 0. The second-order valence-corrected chi connectivity index (χ2v) is 5.45. The molecule has 2 rings (SSSR count). The Hall–Kier alpha value is -0.490. The molecule has 1 N–H and O–H groups in total. The van der Waals surface area contributed by atoms with E-state index in [9.17, 15) is 0 Å². The molecule has 3 nitrogen and oxygen atoms in total. The molecule has 1 unspecified atom stereocenters. The molecule has 0 aliphatic carbocycles. The number of halogens is 1. The average Bonchev–Trinajstić information content (AvgIpc) is 2.30. The number of ether oxygens (including phenoxy) is 1. The van der Waals surface area contributed by atoms with Gasteiger partial charge in [-0.15, -0.1) is 0 Å². The lowest BCUT2D eigenvalue weighted by Crippen LogP contribution is -2.36. The van der Waals surface area contributed by atoms with Crippen LogP contribution in [-0.4, -0.2) is 29.4 Å². The molecule has 4 heteroatoms. The maximum absolute atomic E-state index is 5.14. The molecule has 16 heavy (non-hydrogen) atoms. The standard InChI is InChI=1S/C12H17IN2O/c1-16-12-6-4-10(5-7-12)14-11-3-2-8-15(13)9-11/h4-7,11,14H,2-3,8-9H2,1H3. The first-order valence-electron chi connectivity index (χ1n) is 5.59. The van der Waals surface area contributed by atoms with E-state index in [-0.39, 0.29) is 0 Å². The number of nitrogens with one attached hydrogen (secondary N) is 1. The minimum absolute atomic E-state index is 0.569. The fourth-order valence-electron chi connectivity index (χ4n) is 1.97. The molecule has 0 spiro atoms. The van der Waals surface area contributed by atoms with E-state index in [1.807, 2.05) is 12.1 Å². The summed E-state index contributed by atoms with van der Waals surface area (Å²) >= 11 is 2.40. The second kappa shape index (κ2) is 5.72. The highest BCUT2D eigenvalue weighted by Crippen LogP contribution is 2.20. The van der Waals surface area contributed by atoms with Crippen LogP contribution >= 0.6 is 22.9 Å². The fourth-order valence-corrected chi connectivity index (χ4v) is 2.79. The molecule has 88 valence electrons. The predicted octanol–water partition coefficient (Wildman–Crippen LogP) is 2.92. The quantitative estimate of drug-likeness (QED) is 0.680. The van der Waals surface area contributed by atoms with Gasteiger partial charge in [-0.1, -0.05) is 0 Å². The Kier molecular flexibility index (Phi) is 4.29. The number of nitrogens with zero attached hydrogens (tertiary/aromatic N) is 1. The van der Waals surface area contributed by atoms with Crippen LogP contribution in [0.5, 0.6) is 5.75 Å². The zero-order valence-electron chi connectivity index (χ0n) is 9.45. The van der Waals surface area contributed by atoms with E-state index < -0.39 is 0 Å². The maximum atomic E-state index is 5.14.